The van der Waals surface area contributed by atoms with E-state index in [4.69, 9.17) is 0 Å². The van der Waals surface area contributed by atoms with Crippen LogP contribution in [0.25, 0.3) is 0 Å². The van der Waals surface area contributed by atoms with Crippen LogP contribution in [0.2, 0.25) is 0 Å². The normalized spacial score (nSPS) is 14.4. The van der Waals surface area contributed by atoms with Crippen LogP contribution >= 0.6 is 11.8 Å². The van der Waals surface area contributed by atoms with Crippen LogP contribution in [0.5, 0.6) is 0 Å². The number of aliphatic hydroxyl groups is 1. The Morgan fingerprint density at radius 1 is 1.69 bits per heavy atom. The van der Waals surface area contributed by atoms with Crippen LogP contribution in [-0.4, -0.2) is 40.2 Å². The van der Waals surface area contributed by atoms with E-state index >= 15 is 0 Å². The molecular formula is C11H18N2O2S. The van der Waals surface area contributed by atoms with Crippen molar-refractivity contribution in [2.45, 2.75) is 18.9 Å². The Morgan fingerprint density at radius 2 is 2.44 bits per heavy atom. The summed E-state index contributed by atoms with van der Waals surface area (Å²) in [5.41, 5.74) is 0.0344. The molecule has 4 nitrogen and oxygen atoms in total. The molecule has 0 saturated heterocycles. The Kier molecular flexibility index (Phi) is 4.89. The minimum atomic E-state index is -0.842. The molecule has 1 amide bonds. The number of carbonyl (C=O) groups is 1. The lowest BCUT2D eigenvalue weighted by molar-refractivity contribution is -0.121. The highest BCUT2D eigenvalue weighted by molar-refractivity contribution is 7.98. The summed E-state index contributed by atoms with van der Waals surface area (Å²) in [6, 6.07) is 3.71. The molecule has 0 bridgehead atoms. The van der Waals surface area contributed by atoms with E-state index in [-0.39, 0.29) is 12.5 Å². The van der Waals surface area contributed by atoms with Crippen molar-refractivity contribution in [1.82, 2.24) is 10.3 Å². The Labute approximate surface area is 99.8 Å². The molecule has 0 saturated carbocycles. The molecule has 0 radical (unpaired) electrons. The fourth-order valence-electron chi connectivity index (χ4n) is 1.36. The van der Waals surface area contributed by atoms with Crippen molar-refractivity contribution >= 4 is 17.7 Å². The molecule has 1 atom stereocenters. The van der Waals surface area contributed by atoms with E-state index in [1.54, 1.807) is 24.9 Å². The number of nitrogens with one attached hydrogen (secondary N) is 2. The van der Waals surface area contributed by atoms with E-state index in [0.29, 0.717) is 12.2 Å². The predicted octanol–water partition coefficient (Wildman–Crippen LogP) is 0.787. The maximum atomic E-state index is 11.5. The van der Waals surface area contributed by atoms with Gasteiger partial charge in [0.1, 0.15) is 0 Å². The van der Waals surface area contributed by atoms with Gasteiger partial charge >= 0.3 is 0 Å². The van der Waals surface area contributed by atoms with Gasteiger partial charge in [0, 0.05) is 24.2 Å². The Bertz CT molecular complexity index is 323. The molecule has 0 aliphatic carbocycles. The monoisotopic (exact) mass is 242 g/mol. The molecule has 1 heterocycles. The number of rotatable bonds is 6. The Hall–Kier alpha value is -0.940. The number of amides is 1. The van der Waals surface area contributed by atoms with Crippen LogP contribution in [0, 0.1) is 0 Å². The fourth-order valence-corrected chi connectivity index (χ4v) is 2.09. The van der Waals surface area contributed by atoms with Gasteiger partial charge in [-0.15, -0.1) is 0 Å². The summed E-state index contributed by atoms with van der Waals surface area (Å²) in [5.74, 6) is 0.527. The molecule has 1 aromatic heterocycles. The summed E-state index contributed by atoms with van der Waals surface area (Å²) in [5, 5.41) is 12.6. The summed E-state index contributed by atoms with van der Waals surface area (Å²) in [6.07, 6.45) is 4.03. The summed E-state index contributed by atoms with van der Waals surface area (Å²) in [6.45, 7) is 2.01. The second kappa shape index (κ2) is 5.96. The van der Waals surface area contributed by atoms with Crippen molar-refractivity contribution in [2.24, 2.45) is 0 Å². The fraction of sp³-hybridized carbons (Fsp3) is 0.545. The first-order valence-corrected chi connectivity index (χ1v) is 6.53. The van der Waals surface area contributed by atoms with Gasteiger partial charge < -0.3 is 15.4 Å². The first-order valence-electron chi connectivity index (χ1n) is 5.14. The predicted molar refractivity (Wildman–Crippen MR) is 66.5 cm³/mol. The van der Waals surface area contributed by atoms with Crippen molar-refractivity contribution < 1.29 is 9.90 Å². The minimum absolute atomic E-state index is 0.0798. The van der Waals surface area contributed by atoms with Gasteiger partial charge in [-0.1, -0.05) is 0 Å². The zero-order valence-electron chi connectivity index (χ0n) is 9.62. The number of hydrogen-bond acceptors (Lipinski definition) is 3. The first-order chi connectivity index (χ1) is 7.53. The summed E-state index contributed by atoms with van der Waals surface area (Å²) < 4.78 is 0. The van der Waals surface area contributed by atoms with Gasteiger partial charge in [0.25, 0.3) is 0 Å². The number of aromatic nitrogens is 1. The molecule has 5 heteroatoms. The molecule has 16 heavy (non-hydrogen) atoms. The molecule has 0 aliphatic rings. The van der Waals surface area contributed by atoms with E-state index in [1.165, 1.54) is 0 Å². The molecule has 1 rings (SSSR count). The number of thioether (sulfide) groups is 1. The van der Waals surface area contributed by atoms with Crippen LogP contribution in [0.3, 0.4) is 0 Å². The third kappa shape index (κ3) is 4.72. The van der Waals surface area contributed by atoms with Crippen molar-refractivity contribution in [3.8, 4) is 0 Å². The van der Waals surface area contributed by atoms with Crippen molar-refractivity contribution in [2.75, 3.05) is 18.6 Å². The number of carbonyl (C=O) groups excluding carboxylic acids is 1. The number of H-pyrrole nitrogens is 1. The van der Waals surface area contributed by atoms with Gasteiger partial charge in [-0.25, -0.2) is 0 Å². The smallest absolute Gasteiger partial charge is 0.226 e. The average molecular weight is 242 g/mol. The van der Waals surface area contributed by atoms with Crippen LogP contribution in [0.1, 0.15) is 12.6 Å². The second-order valence-electron chi connectivity index (χ2n) is 4.08. The highest BCUT2D eigenvalue weighted by Crippen LogP contribution is 2.09. The topological polar surface area (TPSA) is 65.1 Å². The molecule has 0 aliphatic heterocycles. The molecule has 0 fully saturated rings. The van der Waals surface area contributed by atoms with E-state index < -0.39 is 5.60 Å². The molecule has 3 N–H and O–H groups in total. The highest BCUT2D eigenvalue weighted by Gasteiger charge is 2.20. The zero-order valence-corrected chi connectivity index (χ0v) is 10.4. The van der Waals surface area contributed by atoms with Gasteiger partial charge in [-0.3, -0.25) is 4.79 Å². The minimum Gasteiger partial charge on any atom is -0.387 e. The second-order valence-corrected chi connectivity index (χ2v) is 4.94. The summed E-state index contributed by atoms with van der Waals surface area (Å²) in [7, 11) is 0. The van der Waals surface area contributed by atoms with Gasteiger partial charge in [0.15, 0.2) is 0 Å². The van der Waals surface area contributed by atoms with Crippen molar-refractivity contribution in [1.29, 1.82) is 0 Å². The van der Waals surface area contributed by atoms with Crippen molar-refractivity contribution in [3.63, 3.8) is 0 Å². The maximum absolute atomic E-state index is 11.5. The van der Waals surface area contributed by atoms with Crippen LogP contribution in [0.15, 0.2) is 18.3 Å². The standard InChI is InChI=1S/C11H18N2O2S/c1-11(15,8-16-2)7-13-10(14)6-9-4-3-5-12-9/h3-5,12,15H,6-8H2,1-2H3,(H,13,14). The van der Waals surface area contributed by atoms with Crippen LogP contribution in [-0.2, 0) is 11.2 Å². The lowest BCUT2D eigenvalue weighted by Gasteiger charge is -2.22. The molecule has 1 aromatic rings. The molecule has 0 aromatic carbocycles. The maximum Gasteiger partial charge on any atom is 0.226 e. The van der Waals surface area contributed by atoms with E-state index in [0.717, 1.165) is 5.69 Å². The number of hydrogen-bond donors (Lipinski definition) is 3. The Balaban J connectivity index is 2.30. The first kappa shape index (κ1) is 13.1. The van der Waals surface area contributed by atoms with Gasteiger partial charge in [-0.2, -0.15) is 11.8 Å². The van der Waals surface area contributed by atoms with Gasteiger partial charge in [-0.05, 0) is 25.3 Å². The van der Waals surface area contributed by atoms with Gasteiger partial charge in [0.2, 0.25) is 5.91 Å². The van der Waals surface area contributed by atoms with E-state index in [2.05, 4.69) is 10.3 Å². The number of aromatic amines is 1. The van der Waals surface area contributed by atoms with E-state index in [9.17, 15) is 9.90 Å². The van der Waals surface area contributed by atoms with E-state index in [1.807, 2.05) is 18.4 Å². The summed E-state index contributed by atoms with van der Waals surface area (Å²) in [4.78, 5) is 14.5. The van der Waals surface area contributed by atoms with Crippen LogP contribution < -0.4 is 5.32 Å². The molecular weight excluding hydrogens is 224 g/mol. The quantitative estimate of drug-likeness (QED) is 0.691. The van der Waals surface area contributed by atoms with Gasteiger partial charge in [0.05, 0.1) is 12.0 Å². The Morgan fingerprint density at radius 3 is 3.00 bits per heavy atom. The molecule has 1 unspecified atom stereocenters. The molecule has 90 valence electrons. The summed E-state index contributed by atoms with van der Waals surface area (Å²) >= 11 is 1.56. The van der Waals surface area contributed by atoms with Crippen LogP contribution in [0.4, 0.5) is 0 Å². The zero-order chi connectivity index (χ0) is 12.0. The SMILES string of the molecule is CSCC(C)(O)CNC(=O)Cc1ccc[nH]1. The highest BCUT2D eigenvalue weighted by atomic mass is 32.2. The lowest BCUT2D eigenvalue weighted by atomic mass is 10.1. The lowest BCUT2D eigenvalue weighted by Crippen LogP contribution is -2.42. The largest absolute Gasteiger partial charge is 0.387 e. The third-order valence-corrected chi connectivity index (χ3v) is 3.05. The average Bonchev–Trinajstić information content (AvgIpc) is 2.68. The molecule has 0 spiro atoms. The third-order valence-electron chi connectivity index (χ3n) is 2.14. The van der Waals surface area contributed by atoms with Crippen molar-refractivity contribution in [3.05, 3.63) is 24.0 Å².